The molecule has 71 heavy (non-hydrogen) atoms. The molecule has 0 unspecified atom stereocenters. The SMILES string of the molecule is CCC[n+]1cccc(NC(=O)c2ccc(NC(=O)c3ccc(C(=O)Nc4ccc(C(=O)Nc5ccc[n+](CCC)c5)cc4)c(N)c3)cc2)c1.Cc1ccc(S(=O)(=O)[O-])cc1.Cc1ccc(S(=O)(=O)[O-])cc1. The number of nitrogens with two attached hydrogens (primary N) is 1. The predicted octanol–water partition coefficient (Wildman–Crippen LogP) is 7.47. The van der Waals surface area contributed by atoms with Crippen molar-refractivity contribution in [1.29, 1.82) is 0 Å². The van der Waals surface area contributed by atoms with Crippen LogP contribution in [0.5, 0.6) is 0 Å². The average molecular weight is 1000 g/mol. The molecule has 4 amide bonds. The molecule has 0 saturated carbocycles. The quantitative estimate of drug-likeness (QED) is 0.0405. The first-order valence-electron chi connectivity index (χ1n) is 22.1. The maximum absolute atomic E-state index is 13.0. The van der Waals surface area contributed by atoms with Crippen LogP contribution < -0.4 is 36.1 Å². The molecular formula is C52H53N7O10S2. The van der Waals surface area contributed by atoms with E-state index in [-0.39, 0.29) is 38.4 Å². The molecule has 19 heteroatoms. The summed E-state index contributed by atoms with van der Waals surface area (Å²) in [7, 11) is -8.54. The fraction of sp³-hybridized carbons (Fsp3) is 0.154. The number of amides is 4. The Morgan fingerprint density at radius 2 is 0.831 bits per heavy atom. The zero-order valence-corrected chi connectivity index (χ0v) is 40.9. The number of anilines is 5. The number of carbonyl (C=O) groups excluding carboxylic acids is 4. The number of nitrogens with zero attached hydrogens (tertiary/aromatic N) is 2. The molecule has 0 spiro atoms. The van der Waals surface area contributed by atoms with Gasteiger partial charge in [-0.2, -0.15) is 0 Å². The number of benzene rings is 5. The van der Waals surface area contributed by atoms with Crippen LogP contribution in [0, 0.1) is 13.8 Å². The van der Waals surface area contributed by atoms with Crippen molar-refractivity contribution in [2.24, 2.45) is 0 Å². The molecule has 17 nitrogen and oxygen atoms in total. The maximum Gasteiger partial charge on any atom is 0.257 e. The molecule has 0 radical (unpaired) electrons. The summed E-state index contributed by atoms with van der Waals surface area (Å²) in [6.45, 7) is 9.52. The zero-order chi connectivity index (χ0) is 51.7. The van der Waals surface area contributed by atoms with Crippen molar-refractivity contribution >= 4 is 72.3 Å². The normalized spacial score (nSPS) is 10.8. The highest BCUT2D eigenvalue weighted by Gasteiger charge is 2.16. The monoisotopic (exact) mass is 999 g/mol. The highest BCUT2D eigenvalue weighted by atomic mass is 32.2. The van der Waals surface area contributed by atoms with E-state index in [0.717, 1.165) is 37.1 Å². The van der Waals surface area contributed by atoms with Crippen LogP contribution in [0.15, 0.2) is 174 Å². The van der Waals surface area contributed by atoms with Crippen molar-refractivity contribution in [3.05, 3.63) is 198 Å². The lowest BCUT2D eigenvalue weighted by molar-refractivity contribution is -0.696. The van der Waals surface area contributed by atoms with Gasteiger partial charge in [-0.3, -0.25) is 19.2 Å². The maximum atomic E-state index is 13.0. The van der Waals surface area contributed by atoms with Crippen LogP contribution in [-0.4, -0.2) is 49.6 Å². The Hall–Kier alpha value is -8.10. The topological polar surface area (TPSA) is 265 Å². The molecule has 5 aromatic carbocycles. The summed E-state index contributed by atoms with van der Waals surface area (Å²) in [6.07, 6.45) is 9.62. The molecule has 0 atom stereocenters. The molecule has 0 fully saturated rings. The smallest absolute Gasteiger partial charge is 0.257 e. The van der Waals surface area contributed by atoms with Gasteiger partial charge in [0.05, 0.1) is 15.4 Å². The molecule has 7 rings (SSSR count). The minimum absolute atomic E-state index is 0.123. The number of pyridine rings is 2. The van der Waals surface area contributed by atoms with Crippen LogP contribution in [0.3, 0.4) is 0 Å². The third-order valence-corrected chi connectivity index (χ3v) is 11.9. The molecule has 6 N–H and O–H groups in total. The van der Waals surface area contributed by atoms with Gasteiger partial charge in [-0.15, -0.1) is 0 Å². The highest BCUT2D eigenvalue weighted by Crippen LogP contribution is 2.20. The molecule has 0 aliphatic carbocycles. The number of hydrogen-bond donors (Lipinski definition) is 5. The fourth-order valence-electron chi connectivity index (χ4n) is 6.53. The number of aryl methyl sites for hydroxylation is 4. The second-order valence-electron chi connectivity index (χ2n) is 16.0. The molecule has 0 aliphatic rings. The van der Waals surface area contributed by atoms with Crippen molar-refractivity contribution in [2.75, 3.05) is 27.0 Å². The van der Waals surface area contributed by atoms with E-state index in [1.165, 1.54) is 42.5 Å². The molecule has 0 bridgehead atoms. The summed E-state index contributed by atoms with van der Waals surface area (Å²) in [4.78, 5) is 51.1. The van der Waals surface area contributed by atoms with Crippen LogP contribution in [-0.2, 0) is 33.3 Å². The van der Waals surface area contributed by atoms with Gasteiger partial charge in [0.1, 0.15) is 44.7 Å². The highest BCUT2D eigenvalue weighted by molar-refractivity contribution is 7.86. The Morgan fingerprint density at radius 3 is 1.20 bits per heavy atom. The lowest BCUT2D eigenvalue weighted by Crippen LogP contribution is -2.33. The summed E-state index contributed by atoms with van der Waals surface area (Å²) in [5, 5.41) is 11.3. The summed E-state index contributed by atoms with van der Waals surface area (Å²) >= 11 is 0. The number of carbonyl (C=O) groups is 4. The van der Waals surface area contributed by atoms with Crippen LogP contribution in [0.25, 0.3) is 0 Å². The van der Waals surface area contributed by atoms with Gasteiger partial charge in [-0.25, -0.2) is 26.0 Å². The Kier molecular flexibility index (Phi) is 18.9. The third-order valence-electron chi connectivity index (χ3n) is 10.2. The van der Waals surface area contributed by atoms with Crippen molar-refractivity contribution in [1.82, 2.24) is 0 Å². The van der Waals surface area contributed by atoms with Gasteiger partial charge < -0.3 is 36.1 Å². The molecular weight excluding hydrogens is 947 g/mol. The van der Waals surface area contributed by atoms with Gasteiger partial charge in [0, 0.05) is 58.7 Å². The number of aromatic nitrogens is 2. The van der Waals surface area contributed by atoms with Crippen molar-refractivity contribution in [2.45, 2.75) is 63.4 Å². The number of rotatable bonds is 14. The first kappa shape index (κ1) is 53.8. The molecule has 0 aliphatic heterocycles. The van der Waals surface area contributed by atoms with Crippen molar-refractivity contribution in [3.63, 3.8) is 0 Å². The zero-order valence-electron chi connectivity index (χ0n) is 39.3. The van der Waals surface area contributed by atoms with E-state index in [9.17, 15) is 45.1 Å². The first-order valence-corrected chi connectivity index (χ1v) is 24.9. The minimum Gasteiger partial charge on any atom is -0.744 e. The van der Waals surface area contributed by atoms with Gasteiger partial charge in [0.2, 0.25) is 0 Å². The molecule has 7 aromatic rings. The van der Waals surface area contributed by atoms with E-state index in [2.05, 4.69) is 35.1 Å². The molecule has 0 saturated heterocycles. The van der Waals surface area contributed by atoms with Gasteiger partial charge >= 0.3 is 0 Å². The standard InChI is InChI=1S/C38H37N7O4.2C7H8O3S/c1-3-19-44-21-5-7-31(24-44)42-35(46)26-9-14-29(15-10-26)40-37(48)28-13-18-33(34(39)23-28)38(49)41-30-16-11-27(12-17-30)36(47)43-32-8-6-22-45(25-32)20-4-2;2*1-6-2-4-7(5-3-6)11(8,9)10/h5-18,21-25H,3-4,19-20H2,1-2H3,(H4-2,39,40,41,42,43,46,47,48,49);2*2-5H,1H3,(H,8,9,10). The van der Waals surface area contributed by atoms with Gasteiger partial charge in [-0.05, 0) is 117 Å². The molecule has 368 valence electrons. The lowest BCUT2D eigenvalue weighted by atomic mass is 10.1. The third kappa shape index (κ3) is 16.8. The van der Waals surface area contributed by atoms with Crippen LogP contribution >= 0.6 is 0 Å². The van der Waals surface area contributed by atoms with Crippen LogP contribution in [0.4, 0.5) is 28.4 Å². The van der Waals surface area contributed by atoms with Gasteiger partial charge in [0.25, 0.3) is 23.6 Å². The Bertz CT molecular complexity index is 3130. The number of nitrogens with one attached hydrogen (secondary N) is 4. The summed E-state index contributed by atoms with van der Waals surface area (Å²) in [5.41, 5.74) is 11.8. The Balaban J connectivity index is 0.000000347. The first-order chi connectivity index (χ1) is 33.7. The summed E-state index contributed by atoms with van der Waals surface area (Å²) in [5.74, 6) is -1.42. The second-order valence-corrected chi connectivity index (χ2v) is 18.7. The lowest BCUT2D eigenvalue weighted by Gasteiger charge is -2.11. The van der Waals surface area contributed by atoms with Crippen molar-refractivity contribution in [3.8, 4) is 0 Å². The van der Waals surface area contributed by atoms with Gasteiger partial charge in [-0.1, -0.05) is 49.2 Å². The summed E-state index contributed by atoms with van der Waals surface area (Å²) in [6, 6.07) is 36.4. The summed E-state index contributed by atoms with van der Waals surface area (Å²) < 4.78 is 66.4. The molecule has 2 heterocycles. The van der Waals surface area contributed by atoms with E-state index in [1.54, 1.807) is 72.8 Å². The van der Waals surface area contributed by atoms with E-state index < -0.39 is 32.1 Å². The predicted molar refractivity (Wildman–Crippen MR) is 268 cm³/mol. The Morgan fingerprint density at radius 1 is 0.479 bits per heavy atom. The van der Waals surface area contributed by atoms with Crippen LogP contribution in [0.1, 0.15) is 79.2 Å². The second kappa shape index (κ2) is 25.0. The van der Waals surface area contributed by atoms with E-state index in [1.807, 2.05) is 72.0 Å². The minimum atomic E-state index is -4.27. The Labute approximate surface area is 412 Å². The fourth-order valence-corrected chi connectivity index (χ4v) is 7.46. The van der Waals surface area contributed by atoms with E-state index in [0.29, 0.717) is 33.9 Å². The van der Waals surface area contributed by atoms with Gasteiger partial charge in [0.15, 0.2) is 24.8 Å². The van der Waals surface area contributed by atoms with Crippen LogP contribution in [0.2, 0.25) is 0 Å². The number of hydrogen-bond acceptors (Lipinski definition) is 11. The average Bonchev–Trinajstić information content (AvgIpc) is 3.32. The molecule has 2 aromatic heterocycles. The van der Waals surface area contributed by atoms with E-state index in [4.69, 9.17) is 5.73 Å². The van der Waals surface area contributed by atoms with E-state index >= 15 is 0 Å². The largest absolute Gasteiger partial charge is 0.744 e. The van der Waals surface area contributed by atoms with Crippen molar-refractivity contribution < 1.29 is 54.3 Å². The number of nitrogen functional groups attached to an aromatic ring is 1.